The van der Waals surface area contributed by atoms with Crippen molar-refractivity contribution in [2.24, 2.45) is 10.9 Å². The van der Waals surface area contributed by atoms with Crippen molar-refractivity contribution >= 4 is 5.71 Å². The van der Waals surface area contributed by atoms with Crippen molar-refractivity contribution in [3.05, 3.63) is 29.6 Å². The molecule has 0 fully saturated rings. The Balaban J connectivity index is 2.60. The maximum Gasteiger partial charge on any atom is 0.136 e. The number of nitrogens with zero attached hydrogens (tertiary/aromatic N) is 1. The second kappa shape index (κ2) is 3.05. The Morgan fingerprint density at radius 2 is 2.31 bits per heavy atom. The van der Waals surface area contributed by atoms with Gasteiger partial charge < -0.3 is 10.6 Å². The Hall–Kier alpha value is -1.58. The summed E-state index contributed by atoms with van der Waals surface area (Å²) in [6, 6.07) is 4.69. The summed E-state index contributed by atoms with van der Waals surface area (Å²) in [5.41, 5.74) is 0.968. The first-order chi connectivity index (χ1) is 6.33. The van der Waals surface area contributed by atoms with Gasteiger partial charge in [-0.2, -0.15) is 5.10 Å². The molecule has 2 N–H and O–H groups in total. The lowest BCUT2D eigenvalue weighted by atomic mass is 10.0. The van der Waals surface area contributed by atoms with E-state index < -0.39 is 0 Å². The molecule has 0 amide bonds. The van der Waals surface area contributed by atoms with Crippen LogP contribution >= 0.6 is 0 Å². The molecule has 0 aliphatic carbocycles. The highest BCUT2D eigenvalue weighted by atomic mass is 19.1. The summed E-state index contributed by atoms with van der Waals surface area (Å²) in [5.74, 6) is 5.34. The van der Waals surface area contributed by atoms with Crippen LogP contribution in [-0.2, 0) is 0 Å². The predicted molar refractivity (Wildman–Crippen MR) is 47.2 cm³/mol. The van der Waals surface area contributed by atoms with Crippen LogP contribution in [0, 0.1) is 5.82 Å². The maximum absolute atomic E-state index is 13.3. The second-order valence-corrected chi connectivity index (χ2v) is 2.79. The van der Waals surface area contributed by atoms with Crippen molar-refractivity contribution in [2.45, 2.75) is 6.42 Å². The Morgan fingerprint density at radius 1 is 1.46 bits per heavy atom. The van der Waals surface area contributed by atoms with Crippen molar-refractivity contribution in [2.75, 3.05) is 6.61 Å². The number of hydrazone groups is 1. The Bertz CT molecular complexity index is 363. The van der Waals surface area contributed by atoms with E-state index >= 15 is 0 Å². The van der Waals surface area contributed by atoms with Gasteiger partial charge in [0.2, 0.25) is 0 Å². The first-order valence-electron chi connectivity index (χ1n) is 4.01. The molecule has 2 rings (SSSR count). The van der Waals surface area contributed by atoms with Gasteiger partial charge in [0.15, 0.2) is 0 Å². The molecule has 0 unspecified atom stereocenters. The standard InChI is InChI=1S/C9H9FN2O/c10-6-2-1-3-8-9(6)7(12-11)4-5-13-8/h1-3H,4-5,11H2/b12-7+. The van der Waals surface area contributed by atoms with Gasteiger partial charge >= 0.3 is 0 Å². The van der Waals surface area contributed by atoms with Crippen LogP contribution < -0.4 is 10.6 Å². The largest absolute Gasteiger partial charge is 0.492 e. The molecule has 0 saturated carbocycles. The van der Waals surface area contributed by atoms with Crippen LogP contribution in [-0.4, -0.2) is 12.3 Å². The zero-order chi connectivity index (χ0) is 9.26. The number of ether oxygens (including phenoxy) is 1. The molecule has 0 atom stereocenters. The SMILES string of the molecule is N/N=C1\CCOc2cccc(F)c21. The molecule has 68 valence electrons. The van der Waals surface area contributed by atoms with E-state index in [1.165, 1.54) is 6.07 Å². The molecule has 13 heavy (non-hydrogen) atoms. The molecule has 1 aromatic rings. The molecule has 4 heteroatoms. The molecule has 3 nitrogen and oxygen atoms in total. The quantitative estimate of drug-likeness (QED) is 0.482. The summed E-state index contributed by atoms with van der Waals surface area (Å²) in [6.45, 7) is 0.506. The molecule has 0 saturated heterocycles. The fraction of sp³-hybridized carbons (Fsp3) is 0.222. The van der Waals surface area contributed by atoms with Crippen LogP contribution in [0.2, 0.25) is 0 Å². The molecule has 0 spiro atoms. The number of hydrogen-bond donors (Lipinski definition) is 1. The molecular formula is C9H9FN2O. The van der Waals surface area contributed by atoms with Crippen LogP contribution in [0.1, 0.15) is 12.0 Å². The van der Waals surface area contributed by atoms with Crippen molar-refractivity contribution in [3.8, 4) is 5.75 Å². The van der Waals surface area contributed by atoms with E-state index in [4.69, 9.17) is 10.6 Å². The van der Waals surface area contributed by atoms with E-state index in [1.54, 1.807) is 12.1 Å². The summed E-state index contributed by atoms with van der Waals surface area (Å²) in [5, 5.41) is 3.55. The van der Waals surface area contributed by atoms with Crippen LogP contribution in [0.15, 0.2) is 23.3 Å². The van der Waals surface area contributed by atoms with Gasteiger partial charge in [-0.15, -0.1) is 0 Å². The van der Waals surface area contributed by atoms with E-state index in [0.29, 0.717) is 30.1 Å². The number of benzene rings is 1. The average Bonchev–Trinajstić information content (AvgIpc) is 2.17. The van der Waals surface area contributed by atoms with E-state index in [-0.39, 0.29) is 5.82 Å². The van der Waals surface area contributed by atoms with Crippen molar-refractivity contribution < 1.29 is 9.13 Å². The van der Waals surface area contributed by atoms with Crippen molar-refractivity contribution in [1.82, 2.24) is 0 Å². The zero-order valence-corrected chi connectivity index (χ0v) is 6.96. The highest BCUT2D eigenvalue weighted by Crippen LogP contribution is 2.26. The fourth-order valence-electron chi connectivity index (χ4n) is 1.42. The van der Waals surface area contributed by atoms with Gasteiger partial charge in [-0.3, -0.25) is 0 Å². The first kappa shape index (κ1) is 8.04. The summed E-state index contributed by atoms with van der Waals surface area (Å²) in [7, 11) is 0. The third kappa shape index (κ3) is 1.24. The van der Waals surface area contributed by atoms with Crippen LogP contribution in [0.5, 0.6) is 5.75 Å². The number of nitrogens with two attached hydrogens (primary N) is 1. The van der Waals surface area contributed by atoms with Gasteiger partial charge in [-0.05, 0) is 12.1 Å². The lowest BCUT2D eigenvalue weighted by Gasteiger charge is -2.18. The summed E-state index contributed by atoms with van der Waals surface area (Å²) >= 11 is 0. The van der Waals surface area contributed by atoms with E-state index in [1.807, 2.05) is 0 Å². The van der Waals surface area contributed by atoms with Gasteiger partial charge in [0.05, 0.1) is 17.9 Å². The molecule has 0 radical (unpaired) electrons. The minimum Gasteiger partial charge on any atom is -0.492 e. The number of halogens is 1. The highest BCUT2D eigenvalue weighted by Gasteiger charge is 2.20. The fourth-order valence-corrected chi connectivity index (χ4v) is 1.42. The first-order valence-corrected chi connectivity index (χ1v) is 4.01. The van der Waals surface area contributed by atoms with E-state index in [0.717, 1.165) is 0 Å². The zero-order valence-electron chi connectivity index (χ0n) is 6.96. The van der Waals surface area contributed by atoms with Gasteiger partial charge in [0.1, 0.15) is 11.6 Å². The Labute approximate surface area is 75.0 Å². The van der Waals surface area contributed by atoms with Crippen molar-refractivity contribution in [3.63, 3.8) is 0 Å². The smallest absolute Gasteiger partial charge is 0.136 e. The number of rotatable bonds is 0. The summed E-state index contributed by atoms with van der Waals surface area (Å²) < 4.78 is 18.6. The van der Waals surface area contributed by atoms with E-state index in [9.17, 15) is 4.39 Å². The lowest BCUT2D eigenvalue weighted by molar-refractivity contribution is 0.317. The maximum atomic E-state index is 13.3. The monoisotopic (exact) mass is 180 g/mol. The molecule has 1 heterocycles. The van der Waals surface area contributed by atoms with Crippen LogP contribution in [0.3, 0.4) is 0 Å². The van der Waals surface area contributed by atoms with E-state index in [2.05, 4.69) is 5.10 Å². The molecule has 1 aliphatic rings. The molecule has 0 aromatic heterocycles. The Morgan fingerprint density at radius 3 is 3.08 bits per heavy atom. The molecular weight excluding hydrogens is 171 g/mol. The average molecular weight is 180 g/mol. The number of hydrogen-bond acceptors (Lipinski definition) is 3. The van der Waals surface area contributed by atoms with Gasteiger partial charge in [-0.1, -0.05) is 6.07 Å². The van der Waals surface area contributed by atoms with Crippen molar-refractivity contribution in [1.29, 1.82) is 0 Å². The Kier molecular flexibility index (Phi) is 1.88. The minimum atomic E-state index is -0.332. The normalized spacial score (nSPS) is 18.1. The second-order valence-electron chi connectivity index (χ2n) is 2.79. The van der Waals surface area contributed by atoms with Crippen LogP contribution in [0.25, 0.3) is 0 Å². The molecule has 0 bridgehead atoms. The highest BCUT2D eigenvalue weighted by molar-refractivity contribution is 6.03. The van der Waals surface area contributed by atoms with Gasteiger partial charge in [0.25, 0.3) is 0 Å². The van der Waals surface area contributed by atoms with Gasteiger partial charge in [-0.25, -0.2) is 4.39 Å². The van der Waals surface area contributed by atoms with Gasteiger partial charge in [0, 0.05) is 6.42 Å². The topological polar surface area (TPSA) is 47.6 Å². The summed E-state index contributed by atoms with van der Waals surface area (Å²) in [6.07, 6.45) is 0.560. The molecule has 1 aromatic carbocycles. The lowest BCUT2D eigenvalue weighted by Crippen LogP contribution is -2.19. The minimum absolute atomic E-state index is 0.332. The third-order valence-corrected chi connectivity index (χ3v) is 2.02. The predicted octanol–water partition coefficient (Wildman–Crippen LogP) is 1.27. The summed E-state index contributed by atoms with van der Waals surface area (Å²) in [4.78, 5) is 0. The van der Waals surface area contributed by atoms with Crippen LogP contribution in [0.4, 0.5) is 4.39 Å². The molecule has 1 aliphatic heterocycles. The number of fused-ring (bicyclic) bond motifs is 1. The third-order valence-electron chi connectivity index (χ3n) is 2.02.